The monoisotopic (exact) mass is 556 g/mol. The van der Waals surface area contributed by atoms with Gasteiger partial charge in [-0.25, -0.2) is 0 Å². The van der Waals surface area contributed by atoms with Crippen LogP contribution in [0.5, 0.6) is 0 Å². The van der Waals surface area contributed by atoms with Crippen molar-refractivity contribution in [3.05, 3.63) is 170 Å². The van der Waals surface area contributed by atoms with E-state index >= 15 is 0 Å². The zero-order valence-corrected chi connectivity index (χ0v) is 24.2. The second-order valence-electron chi connectivity index (χ2n) is 11.6. The summed E-state index contributed by atoms with van der Waals surface area (Å²) in [6, 6.07) is 62.3. The van der Waals surface area contributed by atoms with Gasteiger partial charge in [-0.05, 0) is 99.4 Å². The summed E-state index contributed by atoms with van der Waals surface area (Å²) >= 11 is 0. The molecule has 0 aliphatic heterocycles. The molecule has 9 aromatic rings. The molecule has 9 rings (SSSR count). The number of benzene rings is 9. The Bertz CT molecular complexity index is 2480. The molecule has 0 aromatic heterocycles. The molecular formula is C44H28. The smallest absolute Gasteiger partial charge is 0.00201 e. The van der Waals surface area contributed by atoms with Gasteiger partial charge >= 0.3 is 0 Å². The van der Waals surface area contributed by atoms with Crippen molar-refractivity contribution in [2.75, 3.05) is 0 Å². The lowest BCUT2D eigenvalue weighted by Gasteiger charge is -2.20. The van der Waals surface area contributed by atoms with Crippen LogP contribution < -0.4 is 0 Å². The number of hydrogen-bond donors (Lipinski definition) is 0. The SMILES string of the molecule is c1ccc(-c2ccccc2-c2c3ccccc3c(-c3cccc4cc5ccc6ccccc6c5cc34)c3ccccc23)cc1. The zero-order valence-electron chi connectivity index (χ0n) is 24.2. The standard InChI is InChI=1S/C44H28/c1-2-13-29(14-3-1)33-17-6-7-19-35(33)43-36-20-8-10-22-38(36)44(39-23-11-9-21-37(39)43)40-24-12-16-31-27-32-26-25-30-15-4-5-18-34(30)41(32)28-42(31)40/h1-28H. The fourth-order valence-corrected chi connectivity index (χ4v) is 7.28. The molecule has 44 heavy (non-hydrogen) atoms. The predicted octanol–water partition coefficient (Wildman–Crippen LogP) is 12.5. The van der Waals surface area contributed by atoms with Crippen LogP contribution in [0, 0.1) is 0 Å². The highest BCUT2D eigenvalue weighted by Crippen LogP contribution is 2.47. The van der Waals surface area contributed by atoms with E-state index in [2.05, 4.69) is 170 Å². The van der Waals surface area contributed by atoms with Crippen LogP contribution in [-0.2, 0) is 0 Å². The molecule has 0 aliphatic rings. The molecule has 0 fully saturated rings. The fraction of sp³-hybridized carbons (Fsp3) is 0. The Labute approximate surface area is 256 Å². The Morgan fingerprint density at radius 1 is 0.227 bits per heavy atom. The molecule has 0 unspecified atom stereocenters. The summed E-state index contributed by atoms with van der Waals surface area (Å²) in [4.78, 5) is 0. The van der Waals surface area contributed by atoms with Crippen LogP contribution in [0.4, 0.5) is 0 Å². The summed E-state index contributed by atoms with van der Waals surface area (Å²) in [6.07, 6.45) is 0. The summed E-state index contributed by atoms with van der Waals surface area (Å²) in [5.74, 6) is 0. The first-order valence-electron chi connectivity index (χ1n) is 15.3. The van der Waals surface area contributed by atoms with Crippen molar-refractivity contribution in [3.63, 3.8) is 0 Å². The normalized spacial score (nSPS) is 11.6. The van der Waals surface area contributed by atoms with Crippen LogP contribution in [0.25, 0.3) is 87.2 Å². The van der Waals surface area contributed by atoms with E-state index in [1.165, 1.54) is 87.2 Å². The molecule has 9 aromatic carbocycles. The molecule has 0 heteroatoms. The highest BCUT2D eigenvalue weighted by Gasteiger charge is 2.20. The third-order valence-corrected chi connectivity index (χ3v) is 9.23. The van der Waals surface area contributed by atoms with Crippen LogP contribution in [0.2, 0.25) is 0 Å². The quantitative estimate of drug-likeness (QED) is 0.150. The van der Waals surface area contributed by atoms with Gasteiger partial charge in [0, 0.05) is 0 Å². The van der Waals surface area contributed by atoms with Gasteiger partial charge in [-0.15, -0.1) is 0 Å². The number of rotatable bonds is 3. The topological polar surface area (TPSA) is 0 Å². The van der Waals surface area contributed by atoms with Gasteiger partial charge in [0.2, 0.25) is 0 Å². The molecule has 0 spiro atoms. The molecule has 0 N–H and O–H groups in total. The van der Waals surface area contributed by atoms with Crippen LogP contribution in [0.15, 0.2) is 170 Å². The maximum absolute atomic E-state index is 2.42. The molecule has 0 bridgehead atoms. The number of hydrogen-bond acceptors (Lipinski definition) is 0. The minimum absolute atomic E-state index is 1.23. The van der Waals surface area contributed by atoms with Crippen molar-refractivity contribution in [1.82, 2.24) is 0 Å². The van der Waals surface area contributed by atoms with Gasteiger partial charge < -0.3 is 0 Å². The van der Waals surface area contributed by atoms with E-state index in [0.29, 0.717) is 0 Å². The van der Waals surface area contributed by atoms with Crippen molar-refractivity contribution in [2.45, 2.75) is 0 Å². The van der Waals surface area contributed by atoms with Gasteiger partial charge in [0.25, 0.3) is 0 Å². The van der Waals surface area contributed by atoms with E-state index in [4.69, 9.17) is 0 Å². The van der Waals surface area contributed by atoms with Crippen molar-refractivity contribution in [1.29, 1.82) is 0 Å². The first-order valence-corrected chi connectivity index (χ1v) is 15.3. The van der Waals surface area contributed by atoms with Gasteiger partial charge in [-0.2, -0.15) is 0 Å². The lowest BCUT2D eigenvalue weighted by atomic mass is 9.83. The lowest BCUT2D eigenvalue weighted by molar-refractivity contribution is 1.61. The Hall–Kier alpha value is -5.72. The maximum Gasteiger partial charge on any atom is -0.00201 e. The van der Waals surface area contributed by atoms with Crippen molar-refractivity contribution in [2.24, 2.45) is 0 Å². The zero-order chi connectivity index (χ0) is 29.0. The molecular weight excluding hydrogens is 528 g/mol. The fourth-order valence-electron chi connectivity index (χ4n) is 7.28. The number of fused-ring (bicyclic) bond motifs is 6. The van der Waals surface area contributed by atoms with Crippen LogP contribution in [-0.4, -0.2) is 0 Å². The Kier molecular flexibility index (Phi) is 5.61. The highest BCUT2D eigenvalue weighted by molar-refractivity contribution is 6.25. The first-order chi connectivity index (χ1) is 21.8. The van der Waals surface area contributed by atoms with E-state index in [1.54, 1.807) is 0 Å². The predicted molar refractivity (Wildman–Crippen MR) is 190 cm³/mol. The van der Waals surface area contributed by atoms with E-state index in [-0.39, 0.29) is 0 Å². The molecule has 0 atom stereocenters. The lowest BCUT2D eigenvalue weighted by Crippen LogP contribution is -1.93. The molecule has 0 radical (unpaired) electrons. The largest absolute Gasteiger partial charge is 0.0622 e. The summed E-state index contributed by atoms with van der Waals surface area (Å²) in [5.41, 5.74) is 7.59. The Balaban J connectivity index is 1.41. The molecule has 204 valence electrons. The van der Waals surface area contributed by atoms with Gasteiger partial charge in [-0.1, -0.05) is 158 Å². The minimum atomic E-state index is 1.23. The minimum Gasteiger partial charge on any atom is -0.0622 e. The molecule has 0 amide bonds. The van der Waals surface area contributed by atoms with Gasteiger partial charge in [-0.3, -0.25) is 0 Å². The van der Waals surface area contributed by atoms with E-state index in [0.717, 1.165) is 0 Å². The second kappa shape index (κ2) is 9.93. The van der Waals surface area contributed by atoms with E-state index < -0.39 is 0 Å². The molecule has 0 saturated carbocycles. The van der Waals surface area contributed by atoms with Crippen LogP contribution in [0.1, 0.15) is 0 Å². The second-order valence-corrected chi connectivity index (χ2v) is 11.6. The first kappa shape index (κ1) is 24.8. The maximum atomic E-state index is 2.42. The average molecular weight is 557 g/mol. The van der Waals surface area contributed by atoms with Gasteiger partial charge in [0.15, 0.2) is 0 Å². The van der Waals surface area contributed by atoms with Gasteiger partial charge in [0.05, 0.1) is 0 Å². The van der Waals surface area contributed by atoms with Crippen molar-refractivity contribution >= 4 is 53.9 Å². The van der Waals surface area contributed by atoms with Crippen molar-refractivity contribution in [3.8, 4) is 33.4 Å². The molecule has 0 heterocycles. The van der Waals surface area contributed by atoms with Gasteiger partial charge in [0.1, 0.15) is 0 Å². The summed E-state index contributed by atoms with van der Waals surface area (Å²) < 4.78 is 0. The van der Waals surface area contributed by atoms with Crippen LogP contribution >= 0.6 is 0 Å². The Morgan fingerprint density at radius 2 is 0.705 bits per heavy atom. The molecule has 0 saturated heterocycles. The average Bonchev–Trinajstić information content (AvgIpc) is 3.10. The Morgan fingerprint density at radius 3 is 1.41 bits per heavy atom. The summed E-state index contributed by atoms with van der Waals surface area (Å²) in [7, 11) is 0. The molecule has 0 nitrogen and oxygen atoms in total. The van der Waals surface area contributed by atoms with E-state index in [1.807, 2.05) is 0 Å². The van der Waals surface area contributed by atoms with Crippen molar-refractivity contribution < 1.29 is 0 Å². The van der Waals surface area contributed by atoms with E-state index in [9.17, 15) is 0 Å². The third-order valence-electron chi connectivity index (χ3n) is 9.23. The third kappa shape index (κ3) is 3.78. The molecule has 0 aliphatic carbocycles. The summed E-state index contributed by atoms with van der Waals surface area (Å²) in [6.45, 7) is 0. The van der Waals surface area contributed by atoms with Crippen LogP contribution in [0.3, 0.4) is 0 Å². The highest BCUT2D eigenvalue weighted by atomic mass is 14.2. The summed E-state index contributed by atoms with van der Waals surface area (Å²) in [5, 5.41) is 12.8.